The van der Waals surface area contributed by atoms with Crippen LogP contribution in [0.5, 0.6) is 5.75 Å². The van der Waals surface area contributed by atoms with Crippen LogP contribution in [0.3, 0.4) is 0 Å². The monoisotopic (exact) mass is 391 g/mol. The molecule has 0 bridgehead atoms. The van der Waals surface area contributed by atoms with E-state index in [1.807, 2.05) is 29.3 Å². The average Bonchev–Trinajstić information content (AvgIpc) is 3.33. The van der Waals surface area contributed by atoms with Crippen LogP contribution in [0, 0.1) is 5.95 Å². The fourth-order valence-electron chi connectivity index (χ4n) is 3.43. The Bertz CT molecular complexity index is 1200. The zero-order chi connectivity index (χ0) is 20.0. The summed E-state index contributed by atoms with van der Waals surface area (Å²) in [4.78, 5) is 17.3. The number of hydrogen-bond donors (Lipinski definition) is 0. The molecule has 0 spiro atoms. The van der Waals surface area contributed by atoms with Crippen molar-refractivity contribution in [3.05, 3.63) is 49.1 Å². The number of aromatic nitrogens is 7. The van der Waals surface area contributed by atoms with E-state index in [2.05, 4.69) is 20.1 Å². The van der Waals surface area contributed by atoms with Gasteiger partial charge in [0.1, 0.15) is 30.2 Å². The van der Waals surface area contributed by atoms with Crippen molar-refractivity contribution in [1.29, 1.82) is 0 Å². The van der Waals surface area contributed by atoms with Crippen molar-refractivity contribution in [3.8, 4) is 39.9 Å². The highest BCUT2D eigenvalue weighted by Crippen LogP contribution is 2.36. The van der Waals surface area contributed by atoms with E-state index in [4.69, 9.17) is 9.72 Å². The number of imidazole rings is 1. The van der Waals surface area contributed by atoms with E-state index in [-0.39, 0.29) is 6.04 Å². The number of fused-ring (bicyclic) bond motifs is 3. The number of ether oxygens (including phenoxy) is 1. The summed E-state index contributed by atoms with van der Waals surface area (Å²) >= 11 is 0. The Morgan fingerprint density at radius 2 is 2.00 bits per heavy atom. The molecule has 5 heterocycles. The molecule has 8 nitrogen and oxygen atoms in total. The SMILES string of the molecule is CC(C)n1ncnc1-c1cn2c(n1)-c1cc(-c3cccnc3F)ncc1OCC2. The van der Waals surface area contributed by atoms with Gasteiger partial charge in [-0.25, -0.2) is 19.6 Å². The standard InChI is InChI=1S/C20H18FN7O/c1-12(2)28-20(24-11-25-28)16-10-27-6-7-29-17-9-23-15(8-14(17)19(27)26-16)13-4-3-5-22-18(13)21/h3-5,8-12H,6-7H2,1-2H3. The third kappa shape index (κ3) is 2.95. The zero-order valence-electron chi connectivity index (χ0n) is 15.9. The lowest BCUT2D eigenvalue weighted by atomic mass is 10.1. The van der Waals surface area contributed by atoms with Gasteiger partial charge in [0, 0.05) is 18.4 Å². The molecular formula is C20H18FN7O. The van der Waals surface area contributed by atoms with E-state index in [1.165, 1.54) is 12.5 Å². The quantitative estimate of drug-likeness (QED) is 0.498. The zero-order valence-corrected chi connectivity index (χ0v) is 15.9. The van der Waals surface area contributed by atoms with Crippen molar-refractivity contribution in [2.45, 2.75) is 26.4 Å². The highest BCUT2D eigenvalue weighted by atomic mass is 19.1. The maximum atomic E-state index is 14.2. The predicted molar refractivity (Wildman–Crippen MR) is 104 cm³/mol. The molecule has 5 rings (SSSR count). The second kappa shape index (κ2) is 6.77. The average molecular weight is 391 g/mol. The van der Waals surface area contributed by atoms with Crippen LogP contribution in [0.4, 0.5) is 4.39 Å². The lowest BCUT2D eigenvalue weighted by Crippen LogP contribution is -2.06. The highest BCUT2D eigenvalue weighted by Gasteiger charge is 2.23. The molecule has 29 heavy (non-hydrogen) atoms. The summed E-state index contributed by atoms with van der Waals surface area (Å²) < 4.78 is 23.9. The summed E-state index contributed by atoms with van der Waals surface area (Å²) in [5.41, 5.74) is 2.28. The highest BCUT2D eigenvalue weighted by molar-refractivity contribution is 5.73. The molecule has 146 valence electrons. The number of rotatable bonds is 3. The molecule has 0 aliphatic carbocycles. The van der Waals surface area contributed by atoms with Gasteiger partial charge in [-0.3, -0.25) is 4.98 Å². The molecule has 1 aliphatic heterocycles. The Morgan fingerprint density at radius 3 is 2.83 bits per heavy atom. The number of nitrogens with zero attached hydrogens (tertiary/aromatic N) is 7. The fraction of sp³-hybridized carbons (Fsp3) is 0.250. The number of hydrogen-bond acceptors (Lipinski definition) is 6. The van der Waals surface area contributed by atoms with Crippen molar-refractivity contribution in [1.82, 2.24) is 34.3 Å². The summed E-state index contributed by atoms with van der Waals surface area (Å²) in [6, 6.07) is 5.28. The lowest BCUT2D eigenvalue weighted by molar-refractivity contribution is 0.305. The summed E-state index contributed by atoms with van der Waals surface area (Å²) in [5, 5.41) is 4.30. The van der Waals surface area contributed by atoms with Gasteiger partial charge in [-0.15, -0.1) is 0 Å². The van der Waals surface area contributed by atoms with E-state index >= 15 is 0 Å². The largest absolute Gasteiger partial charge is 0.489 e. The van der Waals surface area contributed by atoms with Crippen molar-refractivity contribution < 1.29 is 9.13 Å². The van der Waals surface area contributed by atoms with E-state index in [0.717, 1.165) is 17.1 Å². The molecule has 4 aromatic rings. The summed E-state index contributed by atoms with van der Waals surface area (Å²) in [6.45, 7) is 5.20. The van der Waals surface area contributed by atoms with Crippen molar-refractivity contribution >= 4 is 0 Å². The van der Waals surface area contributed by atoms with Gasteiger partial charge in [0.25, 0.3) is 0 Å². The Balaban J connectivity index is 1.65. The molecule has 0 saturated heterocycles. The van der Waals surface area contributed by atoms with E-state index in [1.54, 1.807) is 24.4 Å². The van der Waals surface area contributed by atoms with E-state index < -0.39 is 5.95 Å². The molecule has 0 radical (unpaired) electrons. The van der Waals surface area contributed by atoms with Gasteiger partial charge in [-0.2, -0.15) is 9.49 Å². The van der Waals surface area contributed by atoms with E-state index in [0.29, 0.717) is 36.0 Å². The molecule has 0 unspecified atom stereocenters. The molecule has 0 saturated carbocycles. The van der Waals surface area contributed by atoms with Gasteiger partial charge in [0.15, 0.2) is 5.82 Å². The minimum absolute atomic E-state index is 0.161. The van der Waals surface area contributed by atoms with Crippen molar-refractivity contribution in [2.75, 3.05) is 6.61 Å². The van der Waals surface area contributed by atoms with Gasteiger partial charge in [-0.05, 0) is 32.0 Å². The molecule has 9 heteroatoms. The number of pyridine rings is 2. The first-order valence-electron chi connectivity index (χ1n) is 9.33. The van der Waals surface area contributed by atoms with Crippen LogP contribution < -0.4 is 4.74 Å². The van der Waals surface area contributed by atoms with Crippen LogP contribution in [-0.4, -0.2) is 40.9 Å². The maximum absolute atomic E-state index is 14.2. The van der Waals surface area contributed by atoms with Crippen LogP contribution in [0.1, 0.15) is 19.9 Å². The van der Waals surface area contributed by atoms with Gasteiger partial charge in [-0.1, -0.05) is 0 Å². The first-order chi connectivity index (χ1) is 14.1. The maximum Gasteiger partial charge on any atom is 0.222 e. The molecule has 1 aliphatic rings. The lowest BCUT2D eigenvalue weighted by Gasteiger charge is -2.09. The van der Waals surface area contributed by atoms with Gasteiger partial charge in [0.05, 0.1) is 29.6 Å². The minimum atomic E-state index is -0.566. The molecule has 0 N–H and O–H groups in total. The van der Waals surface area contributed by atoms with Gasteiger partial charge < -0.3 is 9.30 Å². The number of halogens is 1. The molecule has 0 aromatic carbocycles. The predicted octanol–water partition coefficient (Wildman–Crippen LogP) is 3.38. The van der Waals surface area contributed by atoms with Crippen LogP contribution in [-0.2, 0) is 6.54 Å². The van der Waals surface area contributed by atoms with E-state index in [9.17, 15) is 4.39 Å². The topological polar surface area (TPSA) is 83.5 Å². The fourth-order valence-corrected chi connectivity index (χ4v) is 3.43. The van der Waals surface area contributed by atoms with Crippen LogP contribution in [0.15, 0.2) is 43.1 Å². The molecular weight excluding hydrogens is 373 g/mol. The summed E-state index contributed by atoms with van der Waals surface area (Å²) in [5.74, 6) is 1.47. The van der Waals surface area contributed by atoms with Crippen molar-refractivity contribution in [2.24, 2.45) is 0 Å². The molecule has 0 atom stereocenters. The van der Waals surface area contributed by atoms with Crippen LogP contribution in [0.25, 0.3) is 34.2 Å². The van der Waals surface area contributed by atoms with Crippen LogP contribution in [0.2, 0.25) is 0 Å². The minimum Gasteiger partial charge on any atom is -0.489 e. The first-order valence-corrected chi connectivity index (χ1v) is 9.33. The summed E-state index contributed by atoms with van der Waals surface area (Å²) in [6.07, 6.45) is 6.50. The first kappa shape index (κ1) is 17.5. The molecule has 0 amide bonds. The van der Waals surface area contributed by atoms with Crippen molar-refractivity contribution in [3.63, 3.8) is 0 Å². The van der Waals surface area contributed by atoms with Gasteiger partial charge >= 0.3 is 0 Å². The molecule has 0 fully saturated rings. The van der Waals surface area contributed by atoms with Gasteiger partial charge in [0.2, 0.25) is 5.95 Å². The normalized spacial score (nSPS) is 13.0. The Hall–Kier alpha value is -3.62. The summed E-state index contributed by atoms with van der Waals surface area (Å²) in [7, 11) is 0. The smallest absolute Gasteiger partial charge is 0.222 e. The second-order valence-corrected chi connectivity index (χ2v) is 7.02. The Labute approximate surface area is 166 Å². The third-order valence-corrected chi connectivity index (χ3v) is 4.80. The van der Waals surface area contributed by atoms with Crippen LogP contribution >= 0.6 is 0 Å². The Morgan fingerprint density at radius 1 is 1.10 bits per heavy atom. The third-order valence-electron chi connectivity index (χ3n) is 4.80. The molecule has 4 aromatic heterocycles. The Kier molecular flexibility index (Phi) is 4.08. The second-order valence-electron chi connectivity index (χ2n) is 7.02.